The molecule has 8 heteroatoms. The molecule has 1 aromatic heterocycles. The number of aromatic nitrogens is 2. The second-order valence-corrected chi connectivity index (χ2v) is 7.63. The third-order valence-corrected chi connectivity index (χ3v) is 5.43. The molecule has 2 N–H and O–H groups in total. The van der Waals surface area contributed by atoms with Crippen molar-refractivity contribution in [2.24, 2.45) is 7.05 Å². The van der Waals surface area contributed by atoms with Gasteiger partial charge >= 0.3 is 12.1 Å². The number of carbonyl (C=O) groups excluding carboxylic acids is 1. The normalized spacial score (nSPS) is 11.9. The molecule has 0 saturated carbocycles. The highest BCUT2D eigenvalue weighted by atomic mass is 32.2. The summed E-state index contributed by atoms with van der Waals surface area (Å²) in [4.78, 5) is 23.4. The molecular formula is C21H23N3O4S. The van der Waals surface area contributed by atoms with Gasteiger partial charge in [-0.05, 0) is 23.8 Å². The van der Waals surface area contributed by atoms with Crippen molar-refractivity contribution in [3.8, 4) is 0 Å². The summed E-state index contributed by atoms with van der Waals surface area (Å²) in [6.07, 6.45) is -0.437. The van der Waals surface area contributed by atoms with Crippen molar-refractivity contribution in [1.82, 2.24) is 15.1 Å². The summed E-state index contributed by atoms with van der Waals surface area (Å²) in [5, 5.41) is 17.4. The number of carbonyl (C=O) groups is 2. The number of nitrogens with one attached hydrogen (secondary N) is 1. The zero-order valence-corrected chi connectivity index (χ0v) is 16.9. The van der Waals surface area contributed by atoms with Crippen molar-refractivity contribution in [3.05, 3.63) is 65.9 Å². The maximum Gasteiger partial charge on any atom is 0.408 e. The van der Waals surface area contributed by atoms with Gasteiger partial charge in [0.1, 0.15) is 12.6 Å². The van der Waals surface area contributed by atoms with E-state index in [2.05, 4.69) is 10.4 Å². The standard InChI is InChI=1S/C21H23N3O4S/c1-24-19-10-6-5-9-16(19)18(23-24)14-29-12-11-17(20(25)26)22-21(27)28-13-15-7-3-2-4-8-15/h2-10,17H,11-14H2,1H3,(H,22,27)(H,25,26). The molecule has 1 heterocycles. The van der Waals surface area contributed by atoms with E-state index in [4.69, 9.17) is 4.74 Å². The van der Waals surface area contributed by atoms with E-state index in [1.807, 2.05) is 66.3 Å². The Morgan fingerprint density at radius 2 is 1.90 bits per heavy atom. The highest BCUT2D eigenvalue weighted by Gasteiger charge is 2.20. The first kappa shape index (κ1) is 20.7. The number of aliphatic carboxylic acids is 1. The molecule has 0 bridgehead atoms. The lowest BCUT2D eigenvalue weighted by Crippen LogP contribution is -2.41. The van der Waals surface area contributed by atoms with Gasteiger partial charge in [-0.25, -0.2) is 9.59 Å². The molecule has 1 atom stereocenters. The number of alkyl carbamates (subject to hydrolysis) is 1. The number of hydrogen-bond acceptors (Lipinski definition) is 5. The van der Waals surface area contributed by atoms with Gasteiger partial charge in [0.25, 0.3) is 0 Å². The number of thioether (sulfide) groups is 1. The molecule has 0 aliphatic carbocycles. The zero-order chi connectivity index (χ0) is 20.6. The first-order chi connectivity index (χ1) is 14.0. The van der Waals surface area contributed by atoms with Crippen molar-refractivity contribution >= 4 is 34.7 Å². The Bertz CT molecular complexity index is 974. The summed E-state index contributed by atoms with van der Waals surface area (Å²) in [7, 11) is 1.90. The number of ether oxygens (including phenoxy) is 1. The molecule has 0 radical (unpaired) electrons. The van der Waals surface area contributed by atoms with Crippen LogP contribution in [0.3, 0.4) is 0 Å². The van der Waals surface area contributed by atoms with Crippen molar-refractivity contribution in [1.29, 1.82) is 0 Å². The molecule has 7 nitrogen and oxygen atoms in total. The Balaban J connectivity index is 1.45. The third kappa shape index (κ3) is 5.74. The van der Waals surface area contributed by atoms with Gasteiger partial charge in [0.15, 0.2) is 0 Å². The fraction of sp³-hybridized carbons (Fsp3) is 0.286. The fourth-order valence-corrected chi connectivity index (χ4v) is 3.88. The smallest absolute Gasteiger partial charge is 0.408 e. The van der Waals surface area contributed by atoms with Crippen molar-refractivity contribution < 1.29 is 19.4 Å². The molecule has 2 aromatic carbocycles. The van der Waals surface area contributed by atoms with Crippen LogP contribution >= 0.6 is 11.8 Å². The van der Waals surface area contributed by atoms with Gasteiger partial charge < -0.3 is 15.2 Å². The topological polar surface area (TPSA) is 93.5 Å². The van der Waals surface area contributed by atoms with E-state index in [1.165, 1.54) is 0 Å². The minimum atomic E-state index is -1.08. The molecule has 3 rings (SSSR count). The number of carboxylic acid groups (broad SMARTS) is 1. The van der Waals surface area contributed by atoms with Gasteiger partial charge in [-0.3, -0.25) is 4.68 Å². The summed E-state index contributed by atoms with van der Waals surface area (Å²) in [6.45, 7) is 0.0977. The fourth-order valence-electron chi connectivity index (χ4n) is 2.93. The first-order valence-corrected chi connectivity index (χ1v) is 10.4. The number of para-hydroxylation sites is 1. The van der Waals surface area contributed by atoms with Crippen LogP contribution in [0.25, 0.3) is 10.9 Å². The average molecular weight is 413 g/mol. The van der Waals surface area contributed by atoms with E-state index in [-0.39, 0.29) is 6.61 Å². The lowest BCUT2D eigenvalue weighted by Gasteiger charge is -2.14. The number of nitrogens with zero attached hydrogens (tertiary/aromatic N) is 2. The Morgan fingerprint density at radius 1 is 1.17 bits per heavy atom. The number of amides is 1. The zero-order valence-electron chi connectivity index (χ0n) is 16.1. The largest absolute Gasteiger partial charge is 0.480 e. The predicted octanol–water partition coefficient (Wildman–Crippen LogP) is 3.58. The van der Waals surface area contributed by atoms with Crippen LogP contribution in [0.2, 0.25) is 0 Å². The summed E-state index contributed by atoms with van der Waals surface area (Å²) in [6, 6.07) is 16.2. The lowest BCUT2D eigenvalue weighted by atomic mass is 10.2. The minimum absolute atomic E-state index is 0.0977. The SMILES string of the molecule is Cn1nc(CSCCC(NC(=O)OCc2ccccc2)C(=O)O)c2ccccc21. The first-order valence-electron chi connectivity index (χ1n) is 9.23. The molecule has 0 saturated heterocycles. The van der Waals surface area contributed by atoms with Gasteiger partial charge in [0.2, 0.25) is 0 Å². The van der Waals surface area contributed by atoms with E-state index in [0.29, 0.717) is 17.9 Å². The number of fused-ring (bicyclic) bond motifs is 1. The summed E-state index contributed by atoms with van der Waals surface area (Å²) >= 11 is 1.59. The number of benzene rings is 2. The molecule has 29 heavy (non-hydrogen) atoms. The number of hydrogen-bond donors (Lipinski definition) is 2. The second kappa shape index (κ2) is 9.97. The molecular weight excluding hydrogens is 390 g/mol. The molecule has 1 unspecified atom stereocenters. The molecule has 0 aliphatic rings. The minimum Gasteiger partial charge on any atom is -0.480 e. The lowest BCUT2D eigenvalue weighted by molar-refractivity contribution is -0.139. The summed E-state index contributed by atoms with van der Waals surface area (Å²) in [5.74, 6) is 0.165. The van der Waals surface area contributed by atoms with Crippen LogP contribution in [0.15, 0.2) is 54.6 Å². The van der Waals surface area contributed by atoms with Gasteiger partial charge in [-0.15, -0.1) is 0 Å². The Morgan fingerprint density at radius 3 is 2.66 bits per heavy atom. The second-order valence-electron chi connectivity index (χ2n) is 6.53. The van der Waals surface area contributed by atoms with E-state index >= 15 is 0 Å². The van der Waals surface area contributed by atoms with Crippen LogP contribution < -0.4 is 5.32 Å². The molecule has 0 spiro atoms. The van der Waals surface area contributed by atoms with Crippen LogP contribution in [0, 0.1) is 0 Å². The summed E-state index contributed by atoms with van der Waals surface area (Å²) < 4.78 is 6.95. The van der Waals surface area contributed by atoms with E-state index in [0.717, 1.165) is 22.2 Å². The van der Waals surface area contributed by atoms with Crippen molar-refractivity contribution in [2.75, 3.05) is 5.75 Å². The van der Waals surface area contributed by atoms with Gasteiger partial charge in [-0.1, -0.05) is 48.5 Å². The van der Waals surface area contributed by atoms with Crippen LogP contribution in [-0.4, -0.2) is 38.7 Å². The van der Waals surface area contributed by atoms with Crippen LogP contribution in [0.1, 0.15) is 17.7 Å². The van der Waals surface area contributed by atoms with E-state index < -0.39 is 18.1 Å². The highest BCUT2D eigenvalue weighted by Crippen LogP contribution is 2.22. The molecule has 3 aromatic rings. The molecule has 0 fully saturated rings. The Hall–Kier alpha value is -3.00. The van der Waals surface area contributed by atoms with E-state index in [9.17, 15) is 14.7 Å². The molecule has 0 aliphatic heterocycles. The predicted molar refractivity (Wildman–Crippen MR) is 113 cm³/mol. The van der Waals surface area contributed by atoms with Crippen molar-refractivity contribution in [3.63, 3.8) is 0 Å². The summed E-state index contributed by atoms with van der Waals surface area (Å²) in [5.41, 5.74) is 2.87. The van der Waals surface area contributed by atoms with Gasteiger partial charge in [-0.2, -0.15) is 16.9 Å². The van der Waals surface area contributed by atoms with Crippen LogP contribution in [0.4, 0.5) is 4.79 Å². The monoisotopic (exact) mass is 413 g/mol. The number of rotatable bonds is 9. The van der Waals surface area contributed by atoms with Crippen LogP contribution in [-0.2, 0) is 28.9 Å². The molecule has 152 valence electrons. The number of carboxylic acids is 1. The third-order valence-electron chi connectivity index (χ3n) is 4.43. The van der Waals surface area contributed by atoms with Crippen LogP contribution in [0.5, 0.6) is 0 Å². The maximum absolute atomic E-state index is 11.9. The Labute approximate surface area is 173 Å². The number of aryl methyl sites for hydroxylation is 1. The van der Waals surface area contributed by atoms with Gasteiger partial charge in [0.05, 0.1) is 11.2 Å². The maximum atomic E-state index is 11.9. The van der Waals surface area contributed by atoms with Gasteiger partial charge in [0, 0.05) is 18.2 Å². The average Bonchev–Trinajstić information content (AvgIpc) is 3.05. The Kier molecular flexibility index (Phi) is 7.13. The highest BCUT2D eigenvalue weighted by molar-refractivity contribution is 7.98. The van der Waals surface area contributed by atoms with Crippen molar-refractivity contribution in [2.45, 2.75) is 24.8 Å². The van der Waals surface area contributed by atoms with E-state index in [1.54, 1.807) is 11.8 Å². The quantitative estimate of drug-likeness (QED) is 0.521. The molecule has 1 amide bonds.